The number of Topliss-reactive ketones (excluding diaryl/α,β-unsaturated/α-hetero) is 1. The molecule has 0 radical (unpaired) electrons. The van der Waals surface area contributed by atoms with E-state index in [0.717, 1.165) is 5.82 Å². The Morgan fingerprint density at radius 3 is 2.50 bits per heavy atom. The van der Waals surface area contributed by atoms with Gasteiger partial charge < -0.3 is 14.6 Å². The normalized spacial score (nSPS) is 11.2. The van der Waals surface area contributed by atoms with Crippen molar-refractivity contribution >= 4 is 11.9 Å². The lowest BCUT2D eigenvalue weighted by molar-refractivity contribution is 0.0520. The Morgan fingerprint density at radius 1 is 1.44 bits per heavy atom. The molecular weight excluding hydrogens is 234 g/mol. The van der Waals surface area contributed by atoms with Crippen molar-refractivity contribution in [2.45, 2.75) is 33.3 Å². The smallest absolute Gasteiger partial charge is 0.408 e. The fourth-order valence-corrected chi connectivity index (χ4v) is 1.32. The average Bonchev–Trinajstić information content (AvgIpc) is 2.54. The SMILES string of the molecule is Cc1ncc(C(=O)CNC(=O)OC(C)(C)C)n1C. The van der Waals surface area contributed by atoms with Crippen LogP contribution in [0.2, 0.25) is 0 Å². The van der Waals surface area contributed by atoms with Crippen LogP contribution in [0.4, 0.5) is 4.79 Å². The molecule has 1 aromatic rings. The lowest BCUT2D eigenvalue weighted by Crippen LogP contribution is -2.35. The third kappa shape index (κ3) is 3.87. The molecule has 0 atom stereocenters. The van der Waals surface area contributed by atoms with Crippen LogP contribution in [0.25, 0.3) is 0 Å². The average molecular weight is 253 g/mol. The Balaban J connectivity index is 2.52. The number of amides is 1. The second-order valence-electron chi connectivity index (χ2n) is 5.03. The van der Waals surface area contributed by atoms with Crippen molar-refractivity contribution in [1.82, 2.24) is 14.9 Å². The van der Waals surface area contributed by atoms with Crippen molar-refractivity contribution < 1.29 is 14.3 Å². The van der Waals surface area contributed by atoms with E-state index in [-0.39, 0.29) is 12.3 Å². The van der Waals surface area contributed by atoms with Crippen LogP contribution in [0.1, 0.15) is 37.1 Å². The number of carbonyl (C=O) groups is 2. The maximum Gasteiger partial charge on any atom is 0.408 e. The van der Waals surface area contributed by atoms with Crippen molar-refractivity contribution in [3.8, 4) is 0 Å². The molecule has 18 heavy (non-hydrogen) atoms. The molecule has 0 saturated heterocycles. The van der Waals surface area contributed by atoms with Gasteiger partial charge in [-0.2, -0.15) is 0 Å². The highest BCUT2D eigenvalue weighted by molar-refractivity contribution is 5.97. The van der Waals surface area contributed by atoms with Crippen molar-refractivity contribution in [2.24, 2.45) is 7.05 Å². The quantitative estimate of drug-likeness (QED) is 0.827. The number of nitrogens with one attached hydrogen (secondary N) is 1. The highest BCUT2D eigenvalue weighted by Gasteiger charge is 2.18. The highest BCUT2D eigenvalue weighted by atomic mass is 16.6. The molecule has 0 aliphatic heterocycles. The summed E-state index contributed by atoms with van der Waals surface area (Å²) < 4.78 is 6.71. The predicted octanol–water partition coefficient (Wildman–Crippen LogP) is 1.44. The van der Waals surface area contributed by atoms with E-state index in [4.69, 9.17) is 4.74 Å². The first kappa shape index (κ1) is 14.2. The standard InChI is InChI=1S/C12H19N3O3/c1-8-13-6-9(15(8)5)10(16)7-14-11(17)18-12(2,3)4/h6H,7H2,1-5H3,(H,14,17). The van der Waals surface area contributed by atoms with Crippen molar-refractivity contribution in [1.29, 1.82) is 0 Å². The summed E-state index contributed by atoms with van der Waals surface area (Å²) in [4.78, 5) is 27.2. The number of hydrogen-bond acceptors (Lipinski definition) is 4. The zero-order valence-electron chi connectivity index (χ0n) is 11.4. The molecule has 6 nitrogen and oxygen atoms in total. The number of aryl methyl sites for hydroxylation is 1. The highest BCUT2D eigenvalue weighted by Crippen LogP contribution is 2.06. The number of rotatable bonds is 3. The van der Waals surface area contributed by atoms with Crippen LogP contribution in [-0.2, 0) is 11.8 Å². The molecule has 0 saturated carbocycles. The summed E-state index contributed by atoms with van der Waals surface area (Å²) in [5.41, 5.74) is -0.112. The van der Waals surface area contributed by atoms with Crippen LogP contribution in [0.3, 0.4) is 0 Å². The van der Waals surface area contributed by atoms with E-state index in [0.29, 0.717) is 5.69 Å². The minimum atomic E-state index is -0.602. The monoisotopic (exact) mass is 253 g/mol. The minimum absolute atomic E-state index is 0.103. The van der Waals surface area contributed by atoms with Crippen molar-refractivity contribution in [3.63, 3.8) is 0 Å². The number of carbonyl (C=O) groups excluding carboxylic acids is 2. The molecule has 1 heterocycles. The number of imidazole rings is 1. The van der Waals surface area contributed by atoms with Crippen molar-refractivity contribution in [2.75, 3.05) is 6.54 Å². The number of alkyl carbamates (subject to hydrolysis) is 1. The van der Waals surface area contributed by atoms with Gasteiger partial charge in [0.25, 0.3) is 0 Å². The van der Waals surface area contributed by atoms with Gasteiger partial charge in [-0.3, -0.25) is 4.79 Å². The molecule has 1 aromatic heterocycles. The fraction of sp³-hybridized carbons (Fsp3) is 0.583. The molecule has 0 aliphatic carbocycles. The summed E-state index contributed by atoms with van der Waals surface area (Å²) >= 11 is 0. The first-order valence-electron chi connectivity index (χ1n) is 5.69. The molecule has 0 aromatic carbocycles. The molecular formula is C12H19N3O3. The number of ether oxygens (including phenoxy) is 1. The Bertz CT molecular complexity index is 458. The Labute approximate surface area is 106 Å². The summed E-state index contributed by atoms with van der Waals surface area (Å²) in [6.07, 6.45) is 0.892. The Hall–Kier alpha value is -1.85. The number of aromatic nitrogens is 2. The molecule has 1 amide bonds. The van der Waals surface area contributed by atoms with Crippen molar-refractivity contribution in [3.05, 3.63) is 17.7 Å². The topological polar surface area (TPSA) is 73.2 Å². The fourth-order valence-electron chi connectivity index (χ4n) is 1.32. The largest absolute Gasteiger partial charge is 0.444 e. The van der Waals surface area contributed by atoms with Gasteiger partial charge in [-0.1, -0.05) is 0 Å². The Kier molecular flexibility index (Phi) is 4.11. The van der Waals surface area contributed by atoms with E-state index in [1.165, 1.54) is 6.20 Å². The van der Waals surface area contributed by atoms with Gasteiger partial charge >= 0.3 is 6.09 Å². The molecule has 100 valence electrons. The van der Waals surface area contributed by atoms with Gasteiger partial charge in [0.2, 0.25) is 0 Å². The first-order chi connectivity index (χ1) is 8.20. The summed E-state index contributed by atoms with van der Waals surface area (Å²) in [5, 5.41) is 2.42. The zero-order chi connectivity index (χ0) is 13.9. The predicted molar refractivity (Wildman–Crippen MR) is 66.5 cm³/mol. The van der Waals surface area contributed by atoms with E-state index in [1.54, 1.807) is 39.3 Å². The van der Waals surface area contributed by atoms with Crippen LogP contribution in [-0.4, -0.2) is 33.6 Å². The maximum atomic E-state index is 11.8. The van der Waals surface area contributed by atoms with Crippen LogP contribution < -0.4 is 5.32 Å². The number of nitrogens with zero attached hydrogens (tertiary/aromatic N) is 2. The van der Waals surface area contributed by atoms with E-state index in [1.807, 2.05) is 0 Å². The summed E-state index contributed by atoms with van der Waals surface area (Å²) in [5.74, 6) is 0.541. The molecule has 6 heteroatoms. The Morgan fingerprint density at radius 2 is 2.06 bits per heavy atom. The van der Waals surface area contributed by atoms with Gasteiger partial charge in [0.1, 0.15) is 17.1 Å². The van der Waals surface area contributed by atoms with Gasteiger partial charge in [0.15, 0.2) is 5.78 Å². The molecule has 0 unspecified atom stereocenters. The molecule has 0 spiro atoms. The summed E-state index contributed by atoms with van der Waals surface area (Å²) in [7, 11) is 1.75. The van der Waals surface area contributed by atoms with E-state index in [9.17, 15) is 9.59 Å². The number of ketones is 1. The third-order valence-electron chi connectivity index (χ3n) is 2.30. The zero-order valence-corrected chi connectivity index (χ0v) is 11.4. The van der Waals surface area contributed by atoms with Gasteiger partial charge in [0, 0.05) is 7.05 Å². The maximum absolute atomic E-state index is 11.8. The minimum Gasteiger partial charge on any atom is -0.444 e. The summed E-state index contributed by atoms with van der Waals surface area (Å²) in [6, 6.07) is 0. The van der Waals surface area contributed by atoms with Gasteiger partial charge in [-0.05, 0) is 27.7 Å². The van der Waals surface area contributed by atoms with Gasteiger partial charge in [0.05, 0.1) is 12.7 Å². The second kappa shape index (κ2) is 5.20. The first-order valence-corrected chi connectivity index (χ1v) is 5.69. The molecule has 1 rings (SSSR count). The van der Waals surface area contributed by atoms with Crippen LogP contribution in [0, 0.1) is 6.92 Å². The van der Waals surface area contributed by atoms with Gasteiger partial charge in [-0.25, -0.2) is 9.78 Å². The van der Waals surface area contributed by atoms with Crippen LogP contribution >= 0.6 is 0 Å². The lowest BCUT2D eigenvalue weighted by atomic mass is 10.2. The lowest BCUT2D eigenvalue weighted by Gasteiger charge is -2.19. The van der Waals surface area contributed by atoms with Gasteiger partial charge in [-0.15, -0.1) is 0 Å². The number of hydrogen-bond donors (Lipinski definition) is 1. The van der Waals surface area contributed by atoms with E-state index < -0.39 is 11.7 Å². The third-order valence-corrected chi connectivity index (χ3v) is 2.30. The second-order valence-corrected chi connectivity index (χ2v) is 5.03. The molecule has 0 aliphatic rings. The van der Waals surface area contributed by atoms with E-state index >= 15 is 0 Å². The summed E-state index contributed by atoms with van der Waals surface area (Å²) in [6.45, 7) is 6.99. The van der Waals surface area contributed by atoms with Crippen LogP contribution in [0.15, 0.2) is 6.20 Å². The molecule has 1 N–H and O–H groups in total. The molecule has 0 fully saturated rings. The van der Waals surface area contributed by atoms with E-state index in [2.05, 4.69) is 10.3 Å². The van der Waals surface area contributed by atoms with Crippen LogP contribution in [0.5, 0.6) is 0 Å². The molecule has 0 bridgehead atoms.